The largest absolute Gasteiger partial charge is 0.272 e. The van der Waals surface area contributed by atoms with Gasteiger partial charge in [-0.2, -0.15) is 0 Å². The highest BCUT2D eigenvalue weighted by Gasteiger charge is 2.30. The second-order valence-corrected chi connectivity index (χ2v) is 7.44. The third-order valence-corrected chi connectivity index (χ3v) is 4.24. The zero-order chi connectivity index (χ0) is 18.4. The molecule has 0 radical (unpaired) electrons. The molecule has 0 saturated carbocycles. The smallest absolute Gasteiger partial charge is 0.268 e. The molecule has 1 aliphatic carbocycles. The van der Waals surface area contributed by atoms with Crippen LogP contribution in [0.5, 0.6) is 0 Å². The van der Waals surface area contributed by atoms with E-state index in [4.69, 9.17) is 0 Å². The van der Waals surface area contributed by atoms with Crippen LogP contribution in [0.2, 0.25) is 0 Å². The van der Waals surface area contributed by atoms with E-state index >= 15 is 0 Å². The maximum Gasteiger partial charge on any atom is 0.272 e. The van der Waals surface area contributed by atoms with Gasteiger partial charge >= 0.3 is 0 Å². The number of carbonyl (C=O) groups is 2. The number of hydrogen-bond acceptors (Lipinski definition) is 2. The molecular formula is C20H27FN2O2. The summed E-state index contributed by atoms with van der Waals surface area (Å²) in [5, 5.41) is 1.30. The molecule has 2 amide bonds. The molecule has 0 spiro atoms. The molecule has 0 atom stereocenters. The minimum absolute atomic E-state index is 0.210. The molecule has 0 unspecified atom stereocenters. The maximum absolute atomic E-state index is 13.5. The quantitative estimate of drug-likeness (QED) is 0.808. The van der Waals surface area contributed by atoms with Gasteiger partial charge in [-0.1, -0.05) is 25.0 Å². The van der Waals surface area contributed by atoms with Crippen LogP contribution in [-0.2, 0) is 4.79 Å². The molecule has 4 nitrogen and oxygen atoms in total. The highest BCUT2D eigenvalue weighted by atomic mass is 19.1. The molecule has 0 aromatic heterocycles. The standard InChI is InChI=1S/C20H27FN2O2/c1-20(2,3)23(19(25)16-12-9-13-17(21)14-16)22-18(24)15-10-7-5-4-6-8-11-15/h9-10,12-14H,4-8,11H2,1-3H3,(H,22,24). The Balaban J connectivity index is 2.20. The summed E-state index contributed by atoms with van der Waals surface area (Å²) in [6.07, 6.45) is 7.96. The fourth-order valence-corrected chi connectivity index (χ4v) is 2.84. The lowest BCUT2D eigenvalue weighted by Crippen LogP contribution is -2.56. The fourth-order valence-electron chi connectivity index (χ4n) is 2.84. The molecular weight excluding hydrogens is 319 g/mol. The molecule has 0 heterocycles. The average molecular weight is 346 g/mol. The summed E-state index contributed by atoms with van der Waals surface area (Å²) in [4.78, 5) is 25.5. The van der Waals surface area contributed by atoms with Crippen LogP contribution in [0.3, 0.4) is 0 Å². The number of nitrogens with zero attached hydrogens (tertiary/aromatic N) is 1. The van der Waals surface area contributed by atoms with Crippen molar-refractivity contribution >= 4 is 11.8 Å². The van der Waals surface area contributed by atoms with Gasteiger partial charge in [-0.15, -0.1) is 0 Å². The molecule has 2 rings (SSSR count). The van der Waals surface area contributed by atoms with Gasteiger partial charge in [0.25, 0.3) is 11.8 Å². The molecule has 5 heteroatoms. The van der Waals surface area contributed by atoms with Crippen LogP contribution < -0.4 is 5.43 Å². The van der Waals surface area contributed by atoms with E-state index in [0.717, 1.165) is 37.7 Å². The van der Waals surface area contributed by atoms with Crippen LogP contribution in [0.15, 0.2) is 35.9 Å². The maximum atomic E-state index is 13.5. The van der Waals surface area contributed by atoms with Crippen molar-refractivity contribution in [2.24, 2.45) is 0 Å². The first-order valence-electron chi connectivity index (χ1n) is 8.89. The van der Waals surface area contributed by atoms with Gasteiger partial charge in [0.1, 0.15) is 5.82 Å². The minimum atomic E-state index is -0.638. The molecule has 0 aliphatic heterocycles. The molecule has 0 saturated heterocycles. The van der Waals surface area contributed by atoms with Gasteiger partial charge in [-0.05, 0) is 64.7 Å². The van der Waals surface area contributed by atoms with Crippen LogP contribution >= 0.6 is 0 Å². The van der Waals surface area contributed by atoms with Crippen molar-refractivity contribution in [1.29, 1.82) is 0 Å². The number of halogens is 1. The summed E-state index contributed by atoms with van der Waals surface area (Å²) in [7, 11) is 0. The van der Waals surface area contributed by atoms with Crippen molar-refractivity contribution in [3.8, 4) is 0 Å². The van der Waals surface area contributed by atoms with E-state index < -0.39 is 17.3 Å². The van der Waals surface area contributed by atoms with Gasteiger partial charge in [-0.3, -0.25) is 15.0 Å². The Labute approximate surface area is 149 Å². The Morgan fingerprint density at radius 3 is 2.52 bits per heavy atom. The van der Waals surface area contributed by atoms with Crippen molar-refractivity contribution in [2.45, 2.75) is 64.8 Å². The van der Waals surface area contributed by atoms with Gasteiger partial charge in [0.05, 0.1) is 5.54 Å². The summed E-state index contributed by atoms with van der Waals surface area (Å²) in [5.74, 6) is -1.15. The average Bonchev–Trinajstić information content (AvgIpc) is 2.50. The predicted octanol–water partition coefficient (Wildman–Crippen LogP) is 4.38. The zero-order valence-corrected chi connectivity index (χ0v) is 15.3. The molecule has 25 heavy (non-hydrogen) atoms. The number of amides is 2. The van der Waals surface area contributed by atoms with Crippen LogP contribution in [0.1, 0.15) is 69.7 Å². The number of nitrogens with one attached hydrogen (secondary N) is 1. The molecule has 136 valence electrons. The molecule has 1 aliphatic rings. The summed E-state index contributed by atoms with van der Waals surface area (Å²) in [6, 6.07) is 5.51. The first-order chi connectivity index (χ1) is 11.8. The van der Waals surface area contributed by atoms with E-state index in [1.54, 1.807) is 6.07 Å². The summed E-state index contributed by atoms with van der Waals surface area (Å²) in [5.41, 5.74) is 3.04. The fraction of sp³-hybridized carbons (Fsp3) is 0.500. The zero-order valence-electron chi connectivity index (χ0n) is 15.3. The van der Waals surface area contributed by atoms with Crippen LogP contribution in [0, 0.1) is 5.82 Å². The second-order valence-electron chi connectivity index (χ2n) is 7.44. The SMILES string of the molecule is CC(C)(C)N(NC(=O)C1=CCCCCCC1)C(=O)c1cccc(F)c1. The van der Waals surface area contributed by atoms with E-state index in [1.807, 2.05) is 26.8 Å². The van der Waals surface area contributed by atoms with E-state index in [-0.39, 0.29) is 11.5 Å². The number of benzene rings is 1. The van der Waals surface area contributed by atoms with Gasteiger partial charge in [0.15, 0.2) is 0 Å². The van der Waals surface area contributed by atoms with Crippen LogP contribution in [0.4, 0.5) is 4.39 Å². The Morgan fingerprint density at radius 1 is 1.12 bits per heavy atom. The normalized spacial score (nSPS) is 15.6. The van der Waals surface area contributed by atoms with Gasteiger partial charge in [-0.25, -0.2) is 9.40 Å². The first-order valence-corrected chi connectivity index (χ1v) is 8.89. The lowest BCUT2D eigenvalue weighted by atomic mass is 9.99. The predicted molar refractivity (Wildman–Crippen MR) is 96.3 cm³/mol. The number of hydrogen-bond donors (Lipinski definition) is 1. The third kappa shape index (κ3) is 5.41. The van der Waals surface area contributed by atoms with Gasteiger partial charge < -0.3 is 0 Å². The Kier molecular flexibility index (Phi) is 6.34. The van der Waals surface area contributed by atoms with E-state index in [2.05, 4.69) is 5.43 Å². The van der Waals surface area contributed by atoms with Crippen molar-refractivity contribution in [1.82, 2.24) is 10.4 Å². The summed E-state index contributed by atoms with van der Waals surface area (Å²) >= 11 is 0. The molecule has 0 bridgehead atoms. The molecule has 1 aromatic rings. The second kappa shape index (κ2) is 8.28. The minimum Gasteiger partial charge on any atom is -0.268 e. The monoisotopic (exact) mass is 346 g/mol. The lowest BCUT2D eigenvalue weighted by Gasteiger charge is -2.35. The topological polar surface area (TPSA) is 49.4 Å². The third-order valence-electron chi connectivity index (χ3n) is 4.24. The number of carbonyl (C=O) groups excluding carboxylic acids is 2. The van der Waals surface area contributed by atoms with Crippen molar-refractivity contribution < 1.29 is 14.0 Å². The van der Waals surface area contributed by atoms with E-state index in [1.165, 1.54) is 29.6 Å². The summed E-state index contributed by atoms with van der Waals surface area (Å²) in [6.45, 7) is 5.49. The van der Waals surface area contributed by atoms with Gasteiger partial charge in [0.2, 0.25) is 0 Å². The van der Waals surface area contributed by atoms with Crippen molar-refractivity contribution in [2.75, 3.05) is 0 Å². The summed E-state index contributed by atoms with van der Waals surface area (Å²) < 4.78 is 13.5. The highest BCUT2D eigenvalue weighted by Crippen LogP contribution is 2.20. The lowest BCUT2D eigenvalue weighted by molar-refractivity contribution is -0.123. The molecule has 0 fully saturated rings. The number of allylic oxidation sites excluding steroid dienone is 1. The first kappa shape index (κ1) is 19.2. The van der Waals surface area contributed by atoms with E-state index in [0.29, 0.717) is 0 Å². The van der Waals surface area contributed by atoms with Gasteiger partial charge in [0, 0.05) is 11.1 Å². The highest BCUT2D eigenvalue weighted by molar-refractivity contribution is 5.99. The molecule has 1 aromatic carbocycles. The molecule has 1 N–H and O–H groups in total. The van der Waals surface area contributed by atoms with Crippen LogP contribution in [-0.4, -0.2) is 22.4 Å². The Hall–Kier alpha value is -2.17. The van der Waals surface area contributed by atoms with Crippen LogP contribution in [0.25, 0.3) is 0 Å². The Bertz CT molecular complexity index is 662. The number of rotatable bonds is 2. The number of hydrazine groups is 1. The van der Waals surface area contributed by atoms with Crippen molar-refractivity contribution in [3.63, 3.8) is 0 Å². The van der Waals surface area contributed by atoms with Crippen molar-refractivity contribution in [3.05, 3.63) is 47.3 Å². The van der Waals surface area contributed by atoms with E-state index in [9.17, 15) is 14.0 Å². The Morgan fingerprint density at radius 2 is 1.84 bits per heavy atom.